The molecule has 0 unspecified atom stereocenters. The van der Waals surface area contributed by atoms with Gasteiger partial charge in [-0.1, -0.05) is 6.07 Å². The number of fused-ring (bicyclic) bond motifs is 1. The number of nitrogens with one attached hydrogen (secondary N) is 1. The lowest BCUT2D eigenvalue weighted by molar-refractivity contribution is -0.142. The molecular formula is C16H14F3N5O. The van der Waals surface area contributed by atoms with Crippen molar-refractivity contribution in [1.82, 2.24) is 24.9 Å². The number of aryl methyl sites for hydroxylation is 1. The van der Waals surface area contributed by atoms with Crippen LogP contribution in [-0.2, 0) is 12.6 Å². The van der Waals surface area contributed by atoms with Crippen LogP contribution in [0, 0.1) is 6.92 Å². The van der Waals surface area contributed by atoms with Crippen LogP contribution in [0.2, 0.25) is 0 Å². The summed E-state index contributed by atoms with van der Waals surface area (Å²) in [6.45, 7) is 2.21. The Bertz CT molecular complexity index is 920. The standard InChI is InChI=1S/C16H14F3N5O/c1-10-3-2-6-20-11(10)4-7-22-15(25)12-9-14-21-8-5-13(16(17,18)19)24(14)23-12/h2-3,5-6,8-9H,4,7H2,1H3,(H,22,25). The van der Waals surface area contributed by atoms with Gasteiger partial charge in [0.2, 0.25) is 0 Å². The summed E-state index contributed by atoms with van der Waals surface area (Å²) >= 11 is 0. The molecule has 3 aromatic heterocycles. The molecule has 0 aliphatic heterocycles. The number of hydrogen-bond acceptors (Lipinski definition) is 4. The first-order valence-corrected chi connectivity index (χ1v) is 7.47. The normalized spacial score (nSPS) is 11.7. The van der Waals surface area contributed by atoms with Crippen LogP contribution in [0.25, 0.3) is 5.65 Å². The molecule has 0 aliphatic carbocycles. The number of carbonyl (C=O) groups excluding carboxylic acids is 1. The van der Waals surface area contributed by atoms with E-state index in [1.54, 1.807) is 6.20 Å². The van der Waals surface area contributed by atoms with E-state index in [9.17, 15) is 18.0 Å². The van der Waals surface area contributed by atoms with E-state index in [4.69, 9.17) is 0 Å². The minimum atomic E-state index is -4.59. The highest BCUT2D eigenvalue weighted by Crippen LogP contribution is 2.28. The van der Waals surface area contributed by atoms with Gasteiger partial charge in [-0.15, -0.1) is 0 Å². The van der Waals surface area contributed by atoms with Crippen molar-refractivity contribution >= 4 is 11.6 Å². The van der Waals surface area contributed by atoms with Crippen LogP contribution in [-0.4, -0.2) is 32.0 Å². The van der Waals surface area contributed by atoms with E-state index >= 15 is 0 Å². The number of aromatic nitrogens is 4. The Morgan fingerprint density at radius 1 is 1.24 bits per heavy atom. The molecule has 0 saturated carbocycles. The molecule has 3 aromatic rings. The third-order valence-electron chi connectivity index (χ3n) is 3.65. The van der Waals surface area contributed by atoms with Gasteiger partial charge in [-0.2, -0.15) is 18.3 Å². The predicted molar refractivity (Wildman–Crippen MR) is 83.0 cm³/mol. The number of hydrogen-bond donors (Lipinski definition) is 1. The van der Waals surface area contributed by atoms with Gasteiger partial charge in [0.15, 0.2) is 11.3 Å². The zero-order valence-corrected chi connectivity index (χ0v) is 13.2. The first-order chi connectivity index (χ1) is 11.9. The van der Waals surface area contributed by atoms with Crippen LogP contribution in [0.3, 0.4) is 0 Å². The number of halogens is 3. The lowest BCUT2D eigenvalue weighted by Crippen LogP contribution is -2.26. The van der Waals surface area contributed by atoms with Crippen molar-refractivity contribution in [2.75, 3.05) is 6.54 Å². The van der Waals surface area contributed by atoms with Crippen LogP contribution in [0.1, 0.15) is 27.4 Å². The Hall–Kier alpha value is -2.97. The smallest absolute Gasteiger partial charge is 0.350 e. The maximum atomic E-state index is 13.0. The molecule has 0 fully saturated rings. The maximum Gasteiger partial charge on any atom is 0.433 e. The lowest BCUT2D eigenvalue weighted by Gasteiger charge is -2.07. The Balaban J connectivity index is 1.73. The molecule has 0 saturated heterocycles. The molecule has 25 heavy (non-hydrogen) atoms. The summed E-state index contributed by atoms with van der Waals surface area (Å²) in [6, 6.07) is 5.76. The van der Waals surface area contributed by atoms with Gasteiger partial charge in [0.05, 0.1) is 0 Å². The van der Waals surface area contributed by atoms with Gasteiger partial charge in [0.25, 0.3) is 5.91 Å². The van der Waals surface area contributed by atoms with Gasteiger partial charge in [0, 0.05) is 37.1 Å². The zero-order chi connectivity index (χ0) is 18.0. The van der Waals surface area contributed by atoms with Crippen molar-refractivity contribution in [1.29, 1.82) is 0 Å². The fraction of sp³-hybridized carbons (Fsp3) is 0.250. The molecule has 0 aliphatic rings. The van der Waals surface area contributed by atoms with Crippen molar-refractivity contribution in [3.63, 3.8) is 0 Å². The first kappa shape index (κ1) is 16.9. The van der Waals surface area contributed by atoms with Crippen LogP contribution >= 0.6 is 0 Å². The summed E-state index contributed by atoms with van der Waals surface area (Å²) in [6.07, 6.45) is -1.38. The van der Waals surface area contributed by atoms with Crippen molar-refractivity contribution < 1.29 is 18.0 Å². The fourth-order valence-corrected chi connectivity index (χ4v) is 2.39. The highest BCUT2D eigenvalue weighted by molar-refractivity contribution is 5.93. The van der Waals surface area contributed by atoms with E-state index < -0.39 is 17.8 Å². The number of pyridine rings is 1. The van der Waals surface area contributed by atoms with E-state index in [1.165, 1.54) is 6.07 Å². The molecule has 130 valence electrons. The quantitative estimate of drug-likeness (QED) is 0.785. The Morgan fingerprint density at radius 3 is 2.76 bits per heavy atom. The molecule has 6 nitrogen and oxygen atoms in total. The summed E-state index contributed by atoms with van der Waals surface area (Å²) in [5, 5.41) is 6.36. The van der Waals surface area contributed by atoms with Gasteiger partial charge in [0.1, 0.15) is 5.69 Å². The maximum absolute atomic E-state index is 13.0. The molecule has 0 spiro atoms. The highest BCUT2D eigenvalue weighted by atomic mass is 19.4. The Kier molecular flexibility index (Phi) is 4.39. The summed E-state index contributed by atoms with van der Waals surface area (Å²) in [5.41, 5.74) is 0.700. The van der Waals surface area contributed by atoms with Gasteiger partial charge < -0.3 is 5.32 Å². The molecule has 1 amide bonds. The monoisotopic (exact) mass is 349 g/mol. The number of nitrogens with zero attached hydrogens (tertiary/aromatic N) is 4. The van der Waals surface area contributed by atoms with Crippen molar-refractivity contribution in [3.8, 4) is 0 Å². The number of rotatable bonds is 4. The van der Waals surface area contributed by atoms with Gasteiger partial charge in [-0.25, -0.2) is 9.50 Å². The van der Waals surface area contributed by atoms with Gasteiger partial charge in [-0.3, -0.25) is 9.78 Å². The van der Waals surface area contributed by atoms with Crippen LogP contribution in [0.4, 0.5) is 13.2 Å². The molecule has 3 rings (SSSR count). The Morgan fingerprint density at radius 2 is 2.04 bits per heavy atom. The molecule has 3 heterocycles. The number of amides is 1. The van der Waals surface area contributed by atoms with E-state index in [0.29, 0.717) is 17.5 Å². The second kappa shape index (κ2) is 6.50. The van der Waals surface area contributed by atoms with E-state index in [1.807, 2.05) is 19.1 Å². The second-order valence-corrected chi connectivity index (χ2v) is 5.40. The molecule has 0 radical (unpaired) electrons. The summed E-state index contributed by atoms with van der Waals surface area (Å²) in [5.74, 6) is -0.563. The van der Waals surface area contributed by atoms with Crippen LogP contribution < -0.4 is 5.32 Å². The molecule has 1 N–H and O–H groups in total. The molecular weight excluding hydrogens is 335 g/mol. The number of alkyl halides is 3. The Labute approximate surface area is 140 Å². The fourth-order valence-electron chi connectivity index (χ4n) is 2.39. The summed E-state index contributed by atoms with van der Waals surface area (Å²) < 4.78 is 39.5. The molecule has 9 heteroatoms. The summed E-state index contributed by atoms with van der Waals surface area (Å²) in [4.78, 5) is 20.2. The average molecular weight is 349 g/mol. The highest BCUT2D eigenvalue weighted by Gasteiger charge is 2.34. The minimum Gasteiger partial charge on any atom is -0.350 e. The van der Waals surface area contributed by atoms with Gasteiger partial charge >= 0.3 is 6.18 Å². The second-order valence-electron chi connectivity index (χ2n) is 5.40. The third kappa shape index (κ3) is 3.59. The van der Waals surface area contributed by atoms with Gasteiger partial charge in [-0.05, 0) is 24.6 Å². The van der Waals surface area contributed by atoms with Crippen molar-refractivity contribution in [2.45, 2.75) is 19.5 Å². The molecule has 0 atom stereocenters. The number of carbonyl (C=O) groups is 1. The molecule has 0 bridgehead atoms. The minimum absolute atomic E-state index is 0.0412. The zero-order valence-electron chi connectivity index (χ0n) is 13.2. The topological polar surface area (TPSA) is 72.2 Å². The first-order valence-electron chi connectivity index (χ1n) is 7.47. The SMILES string of the molecule is Cc1cccnc1CCNC(=O)c1cc2nccc(C(F)(F)F)n2n1. The predicted octanol–water partition coefficient (Wildman–Crippen LogP) is 2.42. The largest absolute Gasteiger partial charge is 0.433 e. The van der Waals surface area contributed by atoms with E-state index in [0.717, 1.165) is 23.5 Å². The van der Waals surface area contributed by atoms with Crippen LogP contribution in [0.15, 0.2) is 36.7 Å². The van der Waals surface area contributed by atoms with E-state index in [2.05, 4.69) is 20.4 Å². The average Bonchev–Trinajstić information content (AvgIpc) is 2.99. The summed E-state index contributed by atoms with van der Waals surface area (Å²) in [7, 11) is 0. The third-order valence-corrected chi connectivity index (χ3v) is 3.65. The lowest BCUT2D eigenvalue weighted by atomic mass is 10.1. The van der Waals surface area contributed by atoms with E-state index in [-0.39, 0.29) is 11.3 Å². The van der Waals surface area contributed by atoms with Crippen molar-refractivity contribution in [3.05, 3.63) is 59.3 Å². The molecule has 0 aromatic carbocycles. The van der Waals surface area contributed by atoms with Crippen LogP contribution in [0.5, 0.6) is 0 Å². The van der Waals surface area contributed by atoms with Crippen molar-refractivity contribution in [2.24, 2.45) is 0 Å².